The Labute approximate surface area is 163 Å². The molecular formula is C17H20ClNO4S3. The first kappa shape index (κ1) is 21.1. The normalized spacial score (nSPS) is 12.5. The van der Waals surface area contributed by atoms with Gasteiger partial charge in [0.15, 0.2) is 9.84 Å². The molecule has 0 aliphatic heterocycles. The maximum atomic E-state index is 13.2. The van der Waals surface area contributed by atoms with E-state index in [1.165, 1.54) is 40.8 Å². The van der Waals surface area contributed by atoms with Crippen LogP contribution in [0.5, 0.6) is 0 Å². The molecule has 26 heavy (non-hydrogen) atoms. The Balaban J connectivity index is 2.59. The van der Waals surface area contributed by atoms with Gasteiger partial charge in [0.25, 0.3) is 0 Å². The zero-order valence-electron chi connectivity index (χ0n) is 14.7. The van der Waals surface area contributed by atoms with Gasteiger partial charge in [0.2, 0.25) is 10.0 Å². The molecule has 1 aromatic heterocycles. The average Bonchev–Trinajstić information content (AvgIpc) is 2.93. The average molecular weight is 434 g/mol. The maximum absolute atomic E-state index is 13.2. The SMILES string of the molecule is C=CCN(Cc1ccc(Cl)s1)S(=O)(=O)c1cc(C)cc(S(C)(=O)=O)c1C. The summed E-state index contributed by atoms with van der Waals surface area (Å²) in [5.74, 6) is 0. The fourth-order valence-electron chi connectivity index (χ4n) is 2.59. The van der Waals surface area contributed by atoms with E-state index in [2.05, 4.69) is 6.58 Å². The Bertz CT molecular complexity index is 1040. The molecule has 0 aliphatic rings. The van der Waals surface area contributed by atoms with Gasteiger partial charge in [-0.05, 0) is 49.2 Å². The van der Waals surface area contributed by atoms with Gasteiger partial charge in [0.05, 0.1) is 14.1 Å². The van der Waals surface area contributed by atoms with Crippen molar-refractivity contribution in [2.45, 2.75) is 30.2 Å². The van der Waals surface area contributed by atoms with Crippen molar-refractivity contribution in [2.24, 2.45) is 0 Å². The molecular weight excluding hydrogens is 414 g/mol. The first-order chi connectivity index (χ1) is 12.0. The van der Waals surface area contributed by atoms with Crippen LogP contribution in [-0.2, 0) is 26.4 Å². The lowest BCUT2D eigenvalue weighted by atomic mass is 10.2. The van der Waals surface area contributed by atoms with E-state index in [-0.39, 0.29) is 28.4 Å². The van der Waals surface area contributed by atoms with Crippen LogP contribution in [0.25, 0.3) is 0 Å². The van der Waals surface area contributed by atoms with Gasteiger partial charge in [-0.2, -0.15) is 4.31 Å². The molecule has 0 aliphatic carbocycles. The minimum atomic E-state index is -3.93. The van der Waals surface area contributed by atoms with Gasteiger partial charge in [-0.25, -0.2) is 16.8 Å². The van der Waals surface area contributed by atoms with Crippen molar-refractivity contribution in [1.29, 1.82) is 0 Å². The summed E-state index contributed by atoms with van der Waals surface area (Å²) in [7, 11) is -7.48. The van der Waals surface area contributed by atoms with E-state index in [1.807, 2.05) is 0 Å². The summed E-state index contributed by atoms with van der Waals surface area (Å²) in [5.41, 5.74) is 0.781. The fourth-order valence-corrected chi connectivity index (χ4v) is 6.62. The van der Waals surface area contributed by atoms with Gasteiger partial charge < -0.3 is 0 Å². The molecule has 0 spiro atoms. The summed E-state index contributed by atoms with van der Waals surface area (Å²) in [5, 5.41) is 0. The minimum absolute atomic E-state index is 0.0116. The topological polar surface area (TPSA) is 71.5 Å². The Kier molecular flexibility index (Phi) is 6.35. The highest BCUT2D eigenvalue weighted by molar-refractivity contribution is 7.91. The summed E-state index contributed by atoms with van der Waals surface area (Å²) in [6, 6.07) is 6.46. The van der Waals surface area contributed by atoms with Crippen molar-refractivity contribution in [3.63, 3.8) is 0 Å². The molecule has 0 N–H and O–H groups in total. The molecule has 142 valence electrons. The van der Waals surface area contributed by atoms with E-state index in [1.54, 1.807) is 19.1 Å². The van der Waals surface area contributed by atoms with Gasteiger partial charge in [0.1, 0.15) is 0 Å². The van der Waals surface area contributed by atoms with Crippen molar-refractivity contribution in [1.82, 2.24) is 4.31 Å². The number of nitrogens with zero attached hydrogens (tertiary/aromatic N) is 1. The summed E-state index contributed by atoms with van der Waals surface area (Å²) in [6.07, 6.45) is 2.57. The quantitative estimate of drug-likeness (QED) is 0.622. The number of thiophene rings is 1. The van der Waals surface area contributed by atoms with Crippen LogP contribution in [0.15, 0.2) is 46.7 Å². The van der Waals surface area contributed by atoms with E-state index in [0.717, 1.165) is 11.1 Å². The van der Waals surface area contributed by atoms with Gasteiger partial charge in [-0.3, -0.25) is 0 Å². The van der Waals surface area contributed by atoms with Crippen molar-refractivity contribution >= 4 is 42.8 Å². The number of sulfone groups is 1. The molecule has 0 amide bonds. The molecule has 0 bridgehead atoms. The second kappa shape index (κ2) is 7.82. The summed E-state index contributed by atoms with van der Waals surface area (Å²) < 4.78 is 52.4. The van der Waals surface area contributed by atoms with Gasteiger partial charge in [-0.1, -0.05) is 17.7 Å². The summed E-state index contributed by atoms with van der Waals surface area (Å²) in [4.78, 5) is 0.797. The van der Waals surface area contributed by atoms with E-state index >= 15 is 0 Å². The molecule has 2 rings (SSSR count). The van der Waals surface area contributed by atoms with Crippen LogP contribution >= 0.6 is 22.9 Å². The van der Waals surface area contributed by atoms with E-state index < -0.39 is 19.9 Å². The van der Waals surface area contributed by atoms with Crippen molar-refractivity contribution < 1.29 is 16.8 Å². The van der Waals surface area contributed by atoms with Gasteiger partial charge in [-0.15, -0.1) is 17.9 Å². The number of sulfonamides is 1. The summed E-state index contributed by atoms with van der Waals surface area (Å²) >= 11 is 7.23. The third-order valence-electron chi connectivity index (χ3n) is 3.77. The predicted octanol–water partition coefficient (Wildman–Crippen LogP) is 3.80. The third kappa shape index (κ3) is 4.55. The number of rotatable bonds is 7. The standard InChI is InChI=1S/C17H20ClNO4S3/c1-5-8-19(11-14-6-7-17(18)24-14)26(22,23)16-10-12(2)9-15(13(16)3)25(4,20)21/h5-7,9-10H,1,8,11H2,2-4H3. The Hall–Kier alpha value is -1.19. The summed E-state index contributed by atoms with van der Waals surface area (Å²) in [6.45, 7) is 7.04. The third-order valence-corrected chi connectivity index (χ3v) is 8.14. The van der Waals surface area contributed by atoms with Crippen LogP contribution in [-0.4, -0.2) is 33.9 Å². The van der Waals surface area contributed by atoms with Gasteiger partial charge in [0, 0.05) is 24.2 Å². The molecule has 0 radical (unpaired) electrons. The van der Waals surface area contributed by atoms with E-state index in [0.29, 0.717) is 9.90 Å². The zero-order chi connectivity index (χ0) is 19.7. The van der Waals surface area contributed by atoms with Crippen LogP contribution in [0.4, 0.5) is 0 Å². The van der Waals surface area contributed by atoms with Crippen LogP contribution in [0.1, 0.15) is 16.0 Å². The Morgan fingerprint density at radius 1 is 1.15 bits per heavy atom. The Morgan fingerprint density at radius 2 is 1.77 bits per heavy atom. The first-order valence-electron chi connectivity index (χ1n) is 7.63. The Morgan fingerprint density at radius 3 is 2.27 bits per heavy atom. The van der Waals surface area contributed by atoms with Crippen molar-refractivity contribution in [2.75, 3.05) is 12.8 Å². The molecule has 0 atom stereocenters. The first-order valence-corrected chi connectivity index (χ1v) is 12.2. The molecule has 0 unspecified atom stereocenters. The lowest BCUT2D eigenvalue weighted by Crippen LogP contribution is -2.31. The molecule has 2 aromatic rings. The number of hydrogen-bond donors (Lipinski definition) is 0. The zero-order valence-corrected chi connectivity index (χ0v) is 17.9. The lowest BCUT2D eigenvalue weighted by Gasteiger charge is -2.22. The van der Waals surface area contributed by atoms with Crippen LogP contribution in [0.3, 0.4) is 0 Å². The highest BCUT2D eigenvalue weighted by Gasteiger charge is 2.28. The monoisotopic (exact) mass is 433 g/mol. The molecule has 1 aromatic carbocycles. The van der Waals surface area contributed by atoms with E-state index in [9.17, 15) is 16.8 Å². The lowest BCUT2D eigenvalue weighted by molar-refractivity contribution is 0.441. The largest absolute Gasteiger partial charge is 0.244 e. The molecule has 0 fully saturated rings. The highest BCUT2D eigenvalue weighted by atomic mass is 35.5. The van der Waals surface area contributed by atoms with Crippen molar-refractivity contribution in [3.05, 3.63) is 57.3 Å². The number of benzene rings is 1. The molecule has 0 saturated heterocycles. The molecule has 1 heterocycles. The van der Waals surface area contributed by atoms with Crippen LogP contribution < -0.4 is 0 Å². The van der Waals surface area contributed by atoms with E-state index in [4.69, 9.17) is 11.6 Å². The van der Waals surface area contributed by atoms with Crippen LogP contribution in [0, 0.1) is 13.8 Å². The highest BCUT2D eigenvalue weighted by Crippen LogP contribution is 2.30. The number of hydrogen-bond acceptors (Lipinski definition) is 5. The van der Waals surface area contributed by atoms with Crippen LogP contribution in [0.2, 0.25) is 4.34 Å². The van der Waals surface area contributed by atoms with Gasteiger partial charge >= 0.3 is 0 Å². The number of halogens is 1. The number of aryl methyl sites for hydroxylation is 1. The smallest absolute Gasteiger partial charge is 0.224 e. The minimum Gasteiger partial charge on any atom is -0.224 e. The van der Waals surface area contributed by atoms with Crippen molar-refractivity contribution in [3.8, 4) is 0 Å². The molecule has 9 heteroatoms. The second-order valence-electron chi connectivity index (χ2n) is 5.95. The maximum Gasteiger partial charge on any atom is 0.244 e. The molecule has 0 saturated carbocycles. The fraction of sp³-hybridized carbons (Fsp3) is 0.294. The molecule has 5 nitrogen and oxygen atoms in total. The second-order valence-corrected chi connectivity index (χ2v) is 11.6. The predicted molar refractivity (Wildman–Crippen MR) is 106 cm³/mol.